The molecule has 10 heteroatoms. The van der Waals surface area contributed by atoms with Gasteiger partial charge in [0, 0.05) is 10.2 Å². The van der Waals surface area contributed by atoms with E-state index in [0.717, 1.165) is 0 Å². The summed E-state index contributed by atoms with van der Waals surface area (Å²) in [5.41, 5.74) is 6.64. The fourth-order valence-electron chi connectivity index (χ4n) is 1.45. The maximum atomic E-state index is 12.1. The SMILES string of the molecule is Cc1cc(Br)c(N)cc1S(=O)(=O)NCc1nn[nH]n1. The molecule has 0 radical (unpaired) electrons. The van der Waals surface area contributed by atoms with E-state index in [1.807, 2.05) is 0 Å². The van der Waals surface area contributed by atoms with Crippen LogP contribution in [0.1, 0.15) is 11.4 Å². The van der Waals surface area contributed by atoms with Crippen molar-refractivity contribution >= 4 is 31.6 Å². The summed E-state index contributed by atoms with van der Waals surface area (Å²) in [7, 11) is -3.68. The average molecular weight is 347 g/mol. The highest BCUT2D eigenvalue weighted by Gasteiger charge is 2.18. The highest BCUT2D eigenvalue weighted by atomic mass is 79.9. The number of tetrazole rings is 1. The molecule has 4 N–H and O–H groups in total. The van der Waals surface area contributed by atoms with Crippen molar-refractivity contribution in [1.82, 2.24) is 25.3 Å². The molecule has 0 saturated carbocycles. The third-order valence-corrected chi connectivity index (χ3v) is 4.62. The Bertz CT molecular complexity index is 685. The van der Waals surface area contributed by atoms with E-state index in [-0.39, 0.29) is 17.3 Å². The first-order valence-corrected chi connectivity index (χ1v) is 7.45. The van der Waals surface area contributed by atoms with Gasteiger partial charge < -0.3 is 5.73 Å². The highest BCUT2D eigenvalue weighted by molar-refractivity contribution is 9.10. The van der Waals surface area contributed by atoms with Crippen LogP contribution in [0.15, 0.2) is 21.5 Å². The Morgan fingerprint density at radius 1 is 1.47 bits per heavy atom. The smallest absolute Gasteiger partial charge is 0.241 e. The summed E-state index contributed by atoms with van der Waals surface area (Å²) in [4.78, 5) is 0.122. The normalized spacial score (nSPS) is 11.7. The summed E-state index contributed by atoms with van der Waals surface area (Å²) in [5, 5.41) is 12.9. The molecule has 0 amide bonds. The zero-order valence-electron chi connectivity index (χ0n) is 9.88. The first kappa shape index (κ1) is 13.9. The number of aromatic nitrogens is 4. The molecule has 1 heterocycles. The zero-order chi connectivity index (χ0) is 14.0. The summed E-state index contributed by atoms with van der Waals surface area (Å²) in [6, 6.07) is 3.05. The van der Waals surface area contributed by atoms with Crippen molar-refractivity contribution in [3.8, 4) is 0 Å². The van der Waals surface area contributed by atoms with Crippen molar-refractivity contribution in [2.45, 2.75) is 18.4 Å². The number of aromatic amines is 1. The third kappa shape index (κ3) is 3.08. The summed E-state index contributed by atoms with van der Waals surface area (Å²) in [6.07, 6.45) is 0. The average Bonchev–Trinajstić information content (AvgIpc) is 2.84. The van der Waals surface area contributed by atoms with Crippen LogP contribution >= 0.6 is 15.9 Å². The second-order valence-electron chi connectivity index (χ2n) is 3.79. The Balaban J connectivity index is 2.27. The molecule has 102 valence electrons. The maximum absolute atomic E-state index is 12.1. The van der Waals surface area contributed by atoms with E-state index in [0.29, 0.717) is 15.7 Å². The number of benzene rings is 1. The molecule has 19 heavy (non-hydrogen) atoms. The molecular weight excluding hydrogens is 336 g/mol. The molecule has 1 aromatic carbocycles. The molecule has 0 saturated heterocycles. The topological polar surface area (TPSA) is 127 Å². The lowest BCUT2D eigenvalue weighted by molar-refractivity contribution is 0.578. The van der Waals surface area contributed by atoms with Gasteiger partial charge in [0.1, 0.15) is 0 Å². The van der Waals surface area contributed by atoms with E-state index in [2.05, 4.69) is 41.3 Å². The van der Waals surface area contributed by atoms with Crippen LogP contribution in [0.25, 0.3) is 0 Å². The Kier molecular flexibility index (Phi) is 3.83. The van der Waals surface area contributed by atoms with E-state index in [1.54, 1.807) is 13.0 Å². The molecule has 0 bridgehead atoms. The summed E-state index contributed by atoms with van der Waals surface area (Å²) >= 11 is 3.24. The number of nitrogens with two attached hydrogens (primary N) is 1. The third-order valence-electron chi connectivity index (χ3n) is 2.39. The van der Waals surface area contributed by atoms with E-state index in [4.69, 9.17) is 5.73 Å². The predicted octanol–water partition coefficient (Wildman–Crippen LogP) is 0.331. The van der Waals surface area contributed by atoms with Gasteiger partial charge >= 0.3 is 0 Å². The molecule has 0 spiro atoms. The van der Waals surface area contributed by atoms with Gasteiger partial charge in [-0.15, -0.1) is 10.2 Å². The molecular formula is C9H11BrN6O2S. The van der Waals surface area contributed by atoms with Crippen LogP contribution in [-0.4, -0.2) is 29.0 Å². The molecule has 1 aromatic heterocycles. The largest absolute Gasteiger partial charge is 0.398 e. The Labute approximate surface area is 118 Å². The van der Waals surface area contributed by atoms with E-state index < -0.39 is 10.0 Å². The number of anilines is 1. The second-order valence-corrected chi connectivity index (χ2v) is 6.38. The van der Waals surface area contributed by atoms with Gasteiger partial charge in [-0.25, -0.2) is 13.1 Å². The first-order valence-electron chi connectivity index (χ1n) is 5.18. The van der Waals surface area contributed by atoms with E-state index >= 15 is 0 Å². The van der Waals surface area contributed by atoms with Gasteiger partial charge in [0.25, 0.3) is 0 Å². The summed E-state index contributed by atoms with van der Waals surface area (Å²) in [6.45, 7) is 1.64. The minimum Gasteiger partial charge on any atom is -0.398 e. The second kappa shape index (κ2) is 5.23. The van der Waals surface area contributed by atoms with Gasteiger partial charge in [-0.1, -0.05) is 5.21 Å². The lowest BCUT2D eigenvalue weighted by Crippen LogP contribution is -2.24. The maximum Gasteiger partial charge on any atom is 0.241 e. The van der Waals surface area contributed by atoms with Crippen molar-refractivity contribution in [2.75, 3.05) is 5.73 Å². The van der Waals surface area contributed by atoms with Crippen LogP contribution in [0.5, 0.6) is 0 Å². The van der Waals surface area contributed by atoms with Crippen LogP contribution in [0.2, 0.25) is 0 Å². The fourth-order valence-corrected chi connectivity index (χ4v) is 3.15. The number of H-pyrrole nitrogens is 1. The van der Waals surface area contributed by atoms with Crippen LogP contribution < -0.4 is 10.5 Å². The molecule has 2 aromatic rings. The van der Waals surface area contributed by atoms with Crippen LogP contribution in [0, 0.1) is 6.92 Å². The number of nitrogens with zero attached hydrogens (tertiary/aromatic N) is 3. The van der Waals surface area contributed by atoms with Crippen molar-refractivity contribution in [3.63, 3.8) is 0 Å². The van der Waals surface area contributed by atoms with Crippen molar-refractivity contribution < 1.29 is 8.42 Å². The van der Waals surface area contributed by atoms with Gasteiger partial charge in [0.05, 0.1) is 11.4 Å². The van der Waals surface area contributed by atoms with Crippen LogP contribution in [-0.2, 0) is 16.6 Å². The number of hydrogen-bond donors (Lipinski definition) is 3. The quantitative estimate of drug-likeness (QED) is 0.684. The van der Waals surface area contributed by atoms with Crippen LogP contribution in [0.3, 0.4) is 0 Å². The molecule has 0 aliphatic heterocycles. The number of sulfonamides is 1. The number of halogens is 1. The number of nitrogen functional groups attached to an aromatic ring is 1. The lowest BCUT2D eigenvalue weighted by atomic mass is 10.2. The van der Waals surface area contributed by atoms with Crippen molar-refractivity contribution in [1.29, 1.82) is 0 Å². The Morgan fingerprint density at radius 2 is 2.21 bits per heavy atom. The Morgan fingerprint density at radius 3 is 2.84 bits per heavy atom. The molecule has 8 nitrogen and oxygen atoms in total. The van der Waals surface area contributed by atoms with Crippen LogP contribution in [0.4, 0.5) is 5.69 Å². The van der Waals surface area contributed by atoms with Crippen molar-refractivity contribution in [2.24, 2.45) is 0 Å². The monoisotopic (exact) mass is 346 g/mol. The van der Waals surface area contributed by atoms with Gasteiger partial charge in [0.2, 0.25) is 10.0 Å². The fraction of sp³-hybridized carbons (Fsp3) is 0.222. The number of rotatable bonds is 4. The molecule has 0 aliphatic carbocycles. The first-order chi connectivity index (χ1) is 8.90. The van der Waals surface area contributed by atoms with Gasteiger partial charge in [-0.2, -0.15) is 5.21 Å². The summed E-state index contributed by atoms with van der Waals surface area (Å²) in [5.74, 6) is 0.256. The lowest BCUT2D eigenvalue weighted by Gasteiger charge is -2.10. The molecule has 2 rings (SSSR count). The molecule has 0 fully saturated rings. The van der Waals surface area contributed by atoms with Gasteiger partial charge in [-0.05, 0) is 40.5 Å². The van der Waals surface area contributed by atoms with Gasteiger partial charge in [-0.3, -0.25) is 0 Å². The minimum atomic E-state index is -3.68. The minimum absolute atomic E-state index is 0.0474. The number of hydrogen-bond acceptors (Lipinski definition) is 6. The Hall–Kier alpha value is -1.52. The van der Waals surface area contributed by atoms with Gasteiger partial charge in [0.15, 0.2) is 5.82 Å². The molecule has 0 unspecified atom stereocenters. The standard InChI is InChI=1S/C9H11BrN6O2S/c1-5-2-6(10)7(11)3-8(5)19(17,18)12-4-9-13-15-16-14-9/h2-3,12H,4,11H2,1H3,(H,13,14,15,16). The van der Waals surface area contributed by atoms with E-state index in [9.17, 15) is 8.42 Å². The predicted molar refractivity (Wildman–Crippen MR) is 71.5 cm³/mol. The number of nitrogens with one attached hydrogen (secondary N) is 2. The number of aryl methyl sites for hydroxylation is 1. The molecule has 0 aliphatic rings. The van der Waals surface area contributed by atoms with E-state index in [1.165, 1.54) is 6.07 Å². The summed E-state index contributed by atoms with van der Waals surface area (Å²) < 4.78 is 27.3. The highest BCUT2D eigenvalue weighted by Crippen LogP contribution is 2.26. The molecule has 0 atom stereocenters. The zero-order valence-corrected chi connectivity index (χ0v) is 12.3. The van der Waals surface area contributed by atoms with Crippen molar-refractivity contribution in [3.05, 3.63) is 28.0 Å².